The molecule has 1 aliphatic rings. The lowest BCUT2D eigenvalue weighted by atomic mass is 10.2. The zero-order valence-electron chi connectivity index (χ0n) is 15.0. The summed E-state index contributed by atoms with van der Waals surface area (Å²) in [6, 6.07) is 4.09. The quantitative estimate of drug-likeness (QED) is 0.790. The molecule has 0 atom stereocenters. The van der Waals surface area contributed by atoms with Crippen molar-refractivity contribution in [1.29, 1.82) is 0 Å². The van der Waals surface area contributed by atoms with Gasteiger partial charge >= 0.3 is 6.03 Å². The Morgan fingerprint density at radius 1 is 1.33 bits per heavy atom. The topological polar surface area (TPSA) is 44.8 Å². The zero-order chi connectivity index (χ0) is 17.7. The number of carbonyl (C=O) groups is 1. The lowest BCUT2D eigenvalue weighted by Crippen LogP contribution is -2.43. The van der Waals surface area contributed by atoms with Crippen LogP contribution in [0.15, 0.2) is 18.2 Å². The molecule has 24 heavy (non-hydrogen) atoms. The van der Waals surface area contributed by atoms with E-state index in [1.165, 1.54) is 12.1 Å². The molecule has 0 unspecified atom stereocenters. The summed E-state index contributed by atoms with van der Waals surface area (Å²) in [5.41, 5.74) is 0.512. The fraction of sp³-hybridized carbons (Fsp3) is 0.611. The van der Waals surface area contributed by atoms with Crippen LogP contribution in [-0.4, -0.2) is 55.7 Å². The minimum absolute atomic E-state index is 0.0706. The largest absolute Gasteiger partial charge is 0.491 e. The Bertz CT molecular complexity index is 559. The molecule has 0 spiro atoms. The maximum absolute atomic E-state index is 13.5. The minimum atomic E-state index is -0.368. The van der Waals surface area contributed by atoms with E-state index in [0.717, 1.165) is 19.4 Å². The summed E-state index contributed by atoms with van der Waals surface area (Å²) < 4.78 is 19.2. The summed E-state index contributed by atoms with van der Waals surface area (Å²) in [4.78, 5) is 16.4. The van der Waals surface area contributed by atoms with Crippen molar-refractivity contribution in [3.63, 3.8) is 0 Å². The number of carbonyl (C=O) groups excluding carboxylic acids is 1. The fourth-order valence-electron chi connectivity index (χ4n) is 2.30. The van der Waals surface area contributed by atoms with Crippen LogP contribution in [0.25, 0.3) is 0 Å². The van der Waals surface area contributed by atoms with E-state index in [2.05, 4.69) is 5.32 Å². The summed E-state index contributed by atoms with van der Waals surface area (Å²) in [6.45, 7) is 5.92. The van der Waals surface area contributed by atoms with Crippen LogP contribution in [0, 0.1) is 11.7 Å². The van der Waals surface area contributed by atoms with Crippen LogP contribution in [0.1, 0.15) is 26.7 Å². The molecule has 1 aromatic carbocycles. The Kier molecular flexibility index (Phi) is 6.43. The number of hydrogen-bond acceptors (Lipinski definition) is 3. The first-order chi connectivity index (χ1) is 11.4. The van der Waals surface area contributed by atoms with Gasteiger partial charge in [-0.2, -0.15) is 0 Å². The van der Waals surface area contributed by atoms with Gasteiger partial charge in [0.15, 0.2) is 0 Å². The van der Waals surface area contributed by atoms with Gasteiger partial charge in [-0.25, -0.2) is 9.18 Å². The predicted octanol–water partition coefficient (Wildman–Crippen LogP) is 3.42. The first kappa shape index (κ1) is 18.5. The van der Waals surface area contributed by atoms with Crippen molar-refractivity contribution in [2.75, 3.05) is 39.1 Å². The van der Waals surface area contributed by atoms with E-state index < -0.39 is 0 Å². The van der Waals surface area contributed by atoms with Gasteiger partial charge in [-0.1, -0.05) is 0 Å². The summed E-state index contributed by atoms with van der Waals surface area (Å²) in [5, 5.41) is 2.86. The van der Waals surface area contributed by atoms with Crippen LogP contribution in [0.2, 0.25) is 0 Å². The monoisotopic (exact) mass is 337 g/mol. The van der Waals surface area contributed by atoms with E-state index in [4.69, 9.17) is 4.74 Å². The molecular formula is C18H28FN3O2. The number of ether oxygens (including phenoxy) is 1. The zero-order valence-corrected chi connectivity index (χ0v) is 15.0. The van der Waals surface area contributed by atoms with Gasteiger partial charge in [-0.3, -0.25) is 0 Å². The van der Waals surface area contributed by atoms with Crippen LogP contribution in [-0.2, 0) is 0 Å². The molecule has 0 aliphatic heterocycles. The average molecular weight is 337 g/mol. The van der Waals surface area contributed by atoms with E-state index in [1.807, 2.05) is 32.8 Å². The van der Waals surface area contributed by atoms with E-state index in [-0.39, 0.29) is 17.9 Å². The van der Waals surface area contributed by atoms with E-state index in [9.17, 15) is 9.18 Å². The first-order valence-electron chi connectivity index (χ1n) is 8.51. The third-order valence-electron chi connectivity index (χ3n) is 4.03. The molecule has 0 bridgehead atoms. The van der Waals surface area contributed by atoms with Gasteiger partial charge < -0.3 is 19.9 Å². The Balaban J connectivity index is 2.04. The third kappa shape index (κ3) is 5.67. The standard InChI is InChI=1S/C18H28FN3O2/c1-13(2)22(10-9-21(3)4)18(23)20-16-8-7-15(19)11-17(16)24-12-14-5-6-14/h7-8,11,13-14H,5-6,9-10,12H2,1-4H3,(H,20,23). The van der Waals surface area contributed by atoms with Gasteiger partial charge in [0.05, 0.1) is 12.3 Å². The summed E-state index contributed by atoms with van der Waals surface area (Å²) in [6.07, 6.45) is 2.31. The van der Waals surface area contributed by atoms with Gasteiger partial charge in [0.2, 0.25) is 0 Å². The van der Waals surface area contributed by atoms with E-state index in [1.54, 1.807) is 11.0 Å². The lowest BCUT2D eigenvalue weighted by molar-refractivity contribution is 0.189. The molecule has 0 radical (unpaired) electrons. The van der Waals surface area contributed by atoms with Gasteiger partial charge in [-0.05, 0) is 58.8 Å². The number of benzene rings is 1. The molecule has 1 aliphatic carbocycles. The smallest absolute Gasteiger partial charge is 0.322 e. The van der Waals surface area contributed by atoms with Crippen molar-refractivity contribution in [3.8, 4) is 5.75 Å². The van der Waals surface area contributed by atoms with E-state index >= 15 is 0 Å². The van der Waals surface area contributed by atoms with Crippen LogP contribution in [0.4, 0.5) is 14.9 Å². The van der Waals surface area contributed by atoms with Crippen LogP contribution in [0.3, 0.4) is 0 Å². The maximum atomic E-state index is 13.5. The van der Waals surface area contributed by atoms with Gasteiger partial charge in [-0.15, -0.1) is 0 Å². The average Bonchev–Trinajstić information content (AvgIpc) is 3.31. The second-order valence-corrected chi connectivity index (χ2v) is 6.92. The molecule has 0 saturated heterocycles. The number of halogens is 1. The highest BCUT2D eigenvalue weighted by atomic mass is 19.1. The van der Waals surface area contributed by atoms with Crippen molar-refractivity contribution in [3.05, 3.63) is 24.0 Å². The molecule has 1 saturated carbocycles. The number of amides is 2. The Morgan fingerprint density at radius 2 is 2.04 bits per heavy atom. The second kappa shape index (κ2) is 8.33. The lowest BCUT2D eigenvalue weighted by Gasteiger charge is -2.28. The van der Waals surface area contributed by atoms with Crippen LogP contribution >= 0.6 is 0 Å². The van der Waals surface area contributed by atoms with Gasteiger partial charge in [0.1, 0.15) is 11.6 Å². The molecule has 6 heteroatoms. The van der Waals surface area contributed by atoms with Crippen molar-refractivity contribution in [2.45, 2.75) is 32.7 Å². The third-order valence-corrected chi connectivity index (χ3v) is 4.03. The Hall–Kier alpha value is -1.82. The number of rotatable bonds is 8. The van der Waals surface area contributed by atoms with Crippen molar-refractivity contribution < 1.29 is 13.9 Å². The van der Waals surface area contributed by atoms with Gasteiger partial charge in [0, 0.05) is 25.2 Å². The highest BCUT2D eigenvalue weighted by molar-refractivity contribution is 5.91. The number of likely N-dealkylation sites (N-methyl/N-ethyl adjacent to an activating group) is 1. The molecule has 134 valence electrons. The van der Waals surface area contributed by atoms with Crippen LogP contribution < -0.4 is 10.1 Å². The number of hydrogen-bond donors (Lipinski definition) is 1. The molecule has 1 fully saturated rings. The molecule has 1 N–H and O–H groups in total. The minimum Gasteiger partial charge on any atom is -0.491 e. The van der Waals surface area contributed by atoms with Crippen molar-refractivity contribution >= 4 is 11.7 Å². The molecule has 5 nitrogen and oxygen atoms in total. The highest BCUT2D eigenvalue weighted by Crippen LogP contribution is 2.32. The molecule has 0 heterocycles. The number of urea groups is 1. The molecular weight excluding hydrogens is 309 g/mol. The summed E-state index contributed by atoms with van der Waals surface area (Å²) >= 11 is 0. The maximum Gasteiger partial charge on any atom is 0.322 e. The number of nitrogens with one attached hydrogen (secondary N) is 1. The number of anilines is 1. The molecule has 0 aromatic heterocycles. The molecule has 2 rings (SSSR count). The second-order valence-electron chi connectivity index (χ2n) is 6.92. The number of nitrogens with zero attached hydrogens (tertiary/aromatic N) is 2. The summed E-state index contributed by atoms with van der Waals surface area (Å²) in [5.74, 6) is 0.586. The van der Waals surface area contributed by atoms with Crippen molar-refractivity contribution in [2.24, 2.45) is 5.92 Å². The Labute approximate surface area is 143 Å². The Morgan fingerprint density at radius 3 is 2.62 bits per heavy atom. The van der Waals surface area contributed by atoms with Crippen molar-refractivity contribution in [1.82, 2.24) is 9.80 Å². The normalized spacial score (nSPS) is 14.1. The fourth-order valence-corrected chi connectivity index (χ4v) is 2.30. The SMILES string of the molecule is CC(C)N(CCN(C)C)C(=O)Nc1ccc(F)cc1OCC1CC1. The first-order valence-corrected chi connectivity index (χ1v) is 8.51. The van der Waals surface area contributed by atoms with E-state index in [0.29, 0.717) is 30.5 Å². The summed E-state index contributed by atoms with van der Waals surface area (Å²) in [7, 11) is 3.94. The molecule has 2 amide bonds. The van der Waals surface area contributed by atoms with Crippen LogP contribution in [0.5, 0.6) is 5.75 Å². The highest BCUT2D eigenvalue weighted by Gasteiger charge is 2.23. The molecule has 1 aromatic rings. The predicted molar refractivity (Wildman–Crippen MR) is 94.0 cm³/mol. The van der Waals surface area contributed by atoms with Gasteiger partial charge in [0.25, 0.3) is 0 Å².